The van der Waals surface area contributed by atoms with Gasteiger partial charge in [0.15, 0.2) is 22.8 Å². The first-order valence-corrected chi connectivity index (χ1v) is 10.1. The van der Waals surface area contributed by atoms with Crippen LogP contribution in [0.1, 0.15) is 42.9 Å². The average Bonchev–Trinajstić information content (AvgIpc) is 3.08. The van der Waals surface area contributed by atoms with Crippen molar-refractivity contribution in [2.75, 3.05) is 13.1 Å². The molecule has 8 nitrogen and oxygen atoms in total. The number of aryl methyl sites for hydroxylation is 1. The number of carbonyl (C=O) groups excluding carboxylic acids is 1. The Morgan fingerprint density at radius 2 is 1.90 bits per heavy atom. The van der Waals surface area contributed by atoms with Crippen LogP contribution < -0.4 is 16.1 Å². The molecule has 3 aromatic rings. The highest BCUT2D eigenvalue weighted by Gasteiger charge is 2.22. The predicted octanol–water partition coefficient (Wildman–Crippen LogP) is 0.511. The van der Waals surface area contributed by atoms with Crippen LogP contribution in [0.3, 0.4) is 0 Å². The van der Waals surface area contributed by atoms with Crippen molar-refractivity contribution in [3.63, 3.8) is 0 Å². The fraction of sp³-hybridized carbons (Fsp3) is 0.429. The molecule has 2 N–H and O–H groups in total. The molecule has 0 saturated carbocycles. The lowest BCUT2D eigenvalue weighted by Gasteiger charge is -2.17. The van der Waals surface area contributed by atoms with E-state index in [1.165, 1.54) is 9.47 Å². The summed E-state index contributed by atoms with van der Waals surface area (Å²) in [4.78, 5) is 45.7. The van der Waals surface area contributed by atoms with E-state index in [0.29, 0.717) is 23.6 Å². The standard InChI is InChI=1S/C21H27N5O3/c1-4-6-12-25(5-2)14-17-22-19-18(20(28)23-21(29)24(19)3)26(17)13-16(27)15-10-8-7-9-11-15/h7-11H,4-6,12-14H2,1-3H3,(H,23,28,29)/p+1. The summed E-state index contributed by atoms with van der Waals surface area (Å²) < 4.78 is 2.99. The van der Waals surface area contributed by atoms with E-state index in [1.54, 1.807) is 23.7 Å². The number of aromatic amines is 1. The summed E-state index contributed by atoms with van der Waals surface area (Å²) in [6.07, 6.45) is 2.19. The second-order valence-corrected chi connectivity index (χ2v) is 7.28. The van der Waals surface area contributed by atoms with Crippen molar-refractivity contribution in [1.82, 2.24) is 19.1 Å². The fourth-order valence-corrected chi connectivity index (χ4v) is 3.48. The normalized spacial score (nSPS) is 12.4. The van der Waals surface area contributed by atoms with Crippen molar-refractivity contribution in [1.29, 1.82) is 0 Å². The summed E-state index contributed by atoms with van der Waals surface area (Å²) >= 11 is 0. The summed E-state index contributed by atoms with van der Waals surface area (Å²) in [6.45, 7) is 6.73. The largest absolute Gasteiger partial charge is 0.329 e. The van der Waals surface area contributed by atoms with Crippen molar-refractivity contribution in [3.8, 4) is 0 Å². The SMILES string of the molecule is CCCC[NH+](CC)Cc1nc2c(c(=O)[nH]c(=O)n2C)n1CC(=O)c1ccccc1. The molecule has 1 atom stereocenters. The van der Waals surface area contributed by atoms with E-state index >= 15 is 0 Å². The first kappa shape index (κ1) is 20.7. The quantitative estimate of drug-likeness (QED) is 0.514. The number of fused-ring (bicyclic) bond motifs is 1. The molecule has 154 valence electrons. The van der Waals surface area contributed by atoms with Gasteiger partial charge in [-0.05, 0) is 13.3 Å². The Kier molecular flexibility index (Phi) is 6.43. The lowest BCUT2D eigenvalue weighted by Crippen LogP contribution is -3.10. The molecule has 0 spiro atoms. The van der Waals surface area contributed by atoms with E-state index < -0.39 is 11.2 Å². The third-order valence-corrected chi connectivity index (χ3v) is 5.28. The van der Waals surface area contributed by atoms with Gasteiger partial charge in [0.2, 0.25) is 0 Å². The van der Waals surface area contributed by atoms with E-state index in [9.17, 15) is 14.4 Å². The Bertz CT molecular complexity index is 1110. The molecule has 2 heterocycles. The zero-order chi connectivity index (χ0) is 21.0. The Balaban J connectivity index is 2.09. The number of Topliss-reactive ketones (excluding diaryl/α,β-unsaturated/α-hetero) is 1. The molecule has 0 aliphatic carbocycles. The van der Waals surface area contributed by atoms with Gasteiger partial charge >= 0.3 is 5.69 Å². The van der Waals surface area contributed by atoms with Crippen LogP contribution in [0, 0.1) is 0 Å². The van der Waals surface area contributed by atoms with Crippen molar-refractivity contribution in [3.05, 3.63) is 62.6 Å². The molecule has 1 aromatic carbocycles. The van der Waals surface area contributed by atoms with Gasteiger partial charge in [-0.3, -0.25) is 19.1 Å². The monoisotopic (exact) mass is 398 g/mol. The minimum absolute atomic E-state index is 0.00189. The van der Waals surface area contributed by atoms with E-state index in [-0.39, 0.29) is 17.8 Å². The second kappa shape index (κ2) is 9.00. The molecule has 0 fully saturated rings. The molecule has 0 radical (unpaired) electrons. The third-order valence-electron chi connectivity index (χ3n) is 5.28. The summed E-state index contributed by atoms with van der Waals surface area (Å²) in [6, 6.07) is 8.98. The Hall–Kier alpha value is -3.00. The van der Waals surface area contributed by atoms with Crippen LogP contribution in [0.5, 0.6) is 0 Å². The molecule has 0 amide bonds. The van der Waals surface area contributed by atoms with Crippen molar-refractivity contribution < 1.29 is 9.69 Å². The van der Waals surface area contributed by atoms with Crippen LogP contribution in [0.4, 0.5) is 0 Å². The summed E-state index contributed by atoms with van der Waals surface area (Å²) in [5, 5.41) is 0. The number of carbonyl (C=O) groups is 1. The highest BCUT2D eigenvalue weighted by Crippen LogP contribution is 2.12. The predicted molar refractivity (Wildman–Crippen MR) is 111 cm³/mol. The fourth-order valence-electron chi connectivity index (χ4n) is 3.48. The van der Waals surface area contributed by atoms with Crippen LogP contribution in [0.15, 0.2) is 39.9 Å². The highest BCUT2D eigenvalue weighted by molar-refractivity contribution is 5.96. The smallest absolute Gasteiger partial charge is 0.329 e. The van der Waals surface area contributed by atoms with Gasteiger partial charge in [0.25, 0.3) is 5.56 Å². The molecule has 0 bridgehead atoms. The molecule has 1 unspecified atom stereocenters. The average molecular weight is 398 g/mol. The summed E-state index contributed by atoms with van der Waals surface area (Å²) in [5.41, 5.74) is 0.109. The van der Waals surface area contributed by atoms with E-state index in [4.69, 9.17) is 0 Å². The Morgan fingerprint density at radius 1 is 1.17 bits per heavy atom. The van der Waals surface area contributed by atoms with Gasteiger partial charge in [-0.15, -0.1) is 0 Å². The van der Waals surface area contributed by atoms with Gasteiger partial charge in [-0.2, -0.15) is 0 Å². The van der Waals surface area contributed by atoms with Crippen molar-refractivity contribution in [2.45, 2.75) is 39.8 Å². The number of H-pyrrole nitrogens is 1. The van der Waals surface area contributed by atoms with Crippen LogP contribution >= 0.6 is 0 Å². The number of imidazole rings is 1. The number of ketones is 1. The molecule has 8 heteroatoms. The highest BCUT2D eigenvalue weighted by atomic mass is 16.2. The van der Waals surface area contributed by atoms with Crippen LogP contribution in [-0.2, 0) is 20.1 Å². The molecule has 29 heavy (non-hydrogen) atoms. The summed E-state index contributed by atoms with van der Waals surface area (Å²) in [5.74, 6) is 0.537. The topological polar surface area (TPSA) is 94.2 Å². The molecule has 0 aliphatic rings. The number of quaternary nitrogens is 1. The van der Waals surface area contributed by atoms with Gasteiger partial charge < -0.3 is 9.47 Å². The number of hydrogen-bond donors (Lipinski definition) is 2. The zero-order valence-electron chi connectivity index (χ0n) is 17.2. The van der Waals surface area contributed by atoms with Crippen molar-refractivity contribution >= 4 is 16.9 Å². The third kappa shape index (κ3) is 4.37. The van der Waals surface area contributed by atoms with Gasteiger partial charge in [0.1, 0.15) is 6.54 Å². The van der Waals surface area contributed by atoms with E-state index in [2.05, 4.69) is 23.8 Å². The lowest BCUT2D eigenvalue weighted by molar-refractivity contribution is -0.913. The maximum Gasteiger partial charge on any atom is 0.329 e. The van der Waals surface area contributed by atoms with Crippen LogP contribution in [0.25, 0.3) is 11.2 Å². The molecule has 0 saturated heterocycles. The van der Waals surface area contributed by atoms with Gasteiger partial charge in [0, 0.05) is 12.6 Å². The Labute approximate surface area is 168 Å². The second-order valence-electron chi connectivity index (χ2n) is 7.28. The minimum atomic E-state index is -0.519. The number of benzene rings is 1. The first-order valence-electron chi connectivity index (χ1n) is 10.1. The number of nitrogens with zero attached hydrogens (tertiary/aromatic N) is 3. The van der Waals surface area contributed by atoms with Gasteiger partial charge in [-0.25, -0.2) is 9.78 Å². The molecular weight excluding hydrogens is 370 g/mol. The Morgan fingerprint density at radius 3 is 2.55 bits per heavy atom. The zero-order valence-corrected chi connectivity index (χ0v) is 17.2. The van der Waals surface area contributed by atoms with Crippen molar-refractivity contribution in [2.24, 2.45) is 7.05 Å². The van der Waals surface area contributed by atoms with E-state index in [1.807, 2.05) is 18.2 Å². The van der Waals surface area contributed by atoms with E-state index in [0.717, 1.165) is 25.9 Å². The van der Waals surface area contributed by atoms with Crippen LogP contribution in [0.2, 0.25) is 0 Å². The molecular formula is C21H28N5O3+. The van der Waals surface area contributed by atoms with Gasteiger partial charge in [-0.1, -0.05) is 43.7 Å². The number of aromatic nitrogens is 4. The molecule has 2 aromatic heterocycles. The molecule has 3 rings (SSSR count). The van der Waals surface area contributed by atoms with Crippen LogP contribution in [-0.4, -0.2) is 38.0 Å². The summed E-state index contributed by atoms with van der Waals surface area (Å²) in [7, 11) is 1.57. The first-order chi connectivity index (χ1) is 14.0. The number of nitrogens with one attached hydrogen (secondary N) is 2. The maximum absolute atomic E-state index is 12.9. The number of hydrogen-bond acceptors (Lipinski definition) is 4. The minimum Gasteiger partial charge on any atom is -0.329 e. The maximum atomic E-state index is 12.9. The van der Waals surface area contributed by atoms with Gasteiger partial charge in [0.05, 0.1) is 19.6 Å². The molecule has 0 aliphatic heterocycles. The number of rotatable bonds is 9. The lowest BCUT2D eigenvalue weighted by atomic mass is 10.1. The number of unbranched alkanes of at least 4 members (excludes halogenated alkanes) is 1.